The predicted octanol–water partition coefficient (Wildman–Crippen LogP) is 2.84. The van der Waals surface area contributed by atoms with Gasteiger partial charge >= 0.3 is 6.03 Å². The van der Waals surface area contributed by atoms with Crippen LogP contribution in [-0.2, 0) is 4.79 Å². The van der Waals surface area contributed by atoms with Crippen molar-refractivity contribution < 1.29 is 14.3 Å². The van der Waals surface area contributed by atoms with Gasteiger partial charge in [0.15, 0.2) is 6.61 Å². The summed E-state index contributed by atoms with van der Waals surface area (Å²) in [6.07, 6.45) is 0.800. The smallest absolute Gasteiger partial charge is 0.321 e. The van der Waals surface area contributed by atoms with E-state index in [1.54, 1.807) is 6.07 Å². The number of imide groups is 1. The van der Waals surface area contributed by atoms with Crippen molar-refractivity contribution in [1.29, 1.82) is 0 Å². The van der Waals surface area contributed by atoms with Crippen LogP contribution in [-0.4, -0.2) is 24.6 Å². The molecule has 0 aliphatic carbocycles. The fourth-order valence-corrected chi connectivity index (χ4v) is 1.99. The van der Waals surface area contributed by atoms with E-state index in [1.807, 2.05) is 50.2 Å². The van der Waals surface area contributed by atoms with E-state index < -0.39 is 11.9 Å². The van der Waals surface area contributed by atoms with Gasteiger partial charge in [0.25, 0.3) is 5.91 Å². The van der Waals surface area contributed by atoms with Crippen LogP contribution in [0.25, 0.3) is 10.8 Å². The van der Waals surface area contributed by atoms with Crippen LogP contribution in [0.1, 0.15) is 20.3 Å². The number of carbonyl (C=O) groups is 2. The van der Waals surface area contributed by atoms with Crippen LogP contribution in [0, 0.1) is 0 Å². The zero-order valence-corrected chi connectivity index (χ0v) is 12.8. The zero-order valence-electron chi connectivity index (χ0n) is 12.8. The van der Waals surface area contributed by atoms with Gasteiger partial charge in [0.05, 0.1) is 0 Å². The minimum Gasteiger partial charge on any atom is -0.483 e. The van der Waals surface area contributed by atoms with Crippen molar-refractivity contribution in [2.75, 3.05) is 6.61 Å². The molecule has 2 rings (SSSR count). The van der Waals surface area contributed by atoms with Crippen LogP contribution in [0.4, 0.5) is 4.79 Å². The van der Waals surface area contributed by atoms with Gasteiger partial charge in [0.2, 0.25) is 0 Å². The summed E-state index contributed by atoms with van der Waals surface area (Å²) in [4.78, 5) is 23.3. The number of hydrogen-bond donors (Lipinski definition) is 2. The lowest BCUT2D eigenvalue weighted by Crippen LogP contribution is -2.44. The number of amides is 3. The standard InChI is InChI=1S/C17H20N2O3/c1-3-12(2)18-17(21)19-16(20)11-22-15-10-6-8-13-7-4-5-9-14(13)15/h4-10,12H,3,11H2,1-2H3,(H2,18,19,20,21)/t12-/m1/s1. The highest BCUT2D eigenvalue weighted by Gasteiger charge is 2.11. The second-order valence-electron chi connectivity index (χ2n) is 5.10. The van der Waals surface area contributed by atoms with Gasteiger partial charge in [-0.1, -0.05) is 43.3 Å². The Bertz CT molecular complexity index is 665. The molecule has 3 amide bonds. The van der Waals surface area contributed by atoms with Crippen molar-refractivity contribution in [3.63, 3.8) is 0 Å². The molecule has 0 saturated carbocycles. The predicted molar refractivity (Wildman–Crippen MR) is 85.9 cm³/mol. The molecule has 0 spiro atoms. The number of nitrogens with one attached hydrogen (secondary N) is 2. The van der Waals surface area contributed by atoms with Gasteiger partial charge in [-0.2, -0.15) is 0 Å². The Morgan fingerprint density at radius 2 is 1.86 bits per heavy atom. The van der Waals surface area contributed by atoms with E-state index in [9.17, 15) is 9.59 Å². The lowest BCUT2D eigenvalue weighted by atomic mass is 10.1. The Morgan fingerprint density at radius 3 is 2.64 bits per heavy atom. The van der Waals surface area contributed by atoms with E-state index in [4.69, 9.17) is 4.74 Å². The fourth-order valence-electron chi connectivity index (χ4n) is 1.99. The fraction of sp³-hybridized carbons (Fsp3) is 0.294. The Hall–Kier alpha value is -2.56. The third kappa shape index (κ3) is 4.22. The lowest BCUT2D eigenvalue weighted by molar-refractivity contribution is -0.121. The Labute approximate surface area is 129 Å². The summed E-state index contributed by atoms with van der Waals surface area (Å²) in [6, 6.07) is 12.9. The van der Waals surface area contributed by atoms with E-state index in [-0.39, 0.29) is 12.6 Å². The second kappa shape index (κ2) is 7.45. The van der Waals surface area contributed by atoms with Crippen molar-refractivity contribution in [2.45, 2.75) is 26.3 Å². The molecule has 2 aromatic rings. The number of urea groups is 1. The topological polar surface area (TPSA) is 67.4 Å². The molecular formula is C17H20N2O3. The van der Waals surface area contributed by atoms with Gasteiger partial charge in [-0.05, 0) is 24.8 Å². The molecule has 0 heterocycles. The third-order valence-corrected chi connectivity index (χ3v) is 3.35. The molecule has 2 N–H and O–H groups in total. The normalized spacial score (nSPS) is 11.7. The minimum absolute atomic E-state index is 0.0202. The van der Waals surface area contributed by atoms with Crippen LogP contribution >= 0.6 is 0 Å². The Balaban J connectivity index is 1.92. The molecule has 0 saturated heterocycles. The van der Waals surface area contributed by atoms with Crippen LogP contribution < -0.4 is 15.4 Å². The maximum Gasteiger partial charge on any atom is 0.321 e. The molecule has 5 nitrogen and oxygen atoms in total. The van der Waals surface area contributed by atoms with E-state index in [0.29, 0.717) is 5.75 Å². The molecule has 0 aliphatic rings. The molecule has 0 fully saturated rings. The van der Waals surface area contributed by atoms with Gasteiger partial charge in [-0.25, -0.2) is 4.79 Å². The van der Waals surface area contributed by atoms with Crippen LogP contribution in [0.2, 0.25) is 0 Å². The summed E-state index contributed by atoms with van der Waals surface area (Å²) in [5, 5.41) is 6.88. The van der Waals surface area contributed by atoms with Crippen molar-refractivity contribution in [3.8, 4) is 5.75 Å². The number of fused-ring (bicyclic) bond motifs is 1. The second-order valence-corrected chi connectivity index (χ2v) is 5.10. The molecule has 2 aromatic carbocycles. The van der Waals surface area contributed by atoms with E-state index in [0.717, 1.165) is 17.2 Å². The van der Waals surface area contributed by atoms with Gasteiger partial charge in [0, 0.05) is 11.4 Å². The first-order valence-corrected chi connectivity index (χ1v) is 7.31. The maximum absolute atomic E-state index is 11.7. The molecule has 1 atom stereocenters. The van der Waals surface area contributed by atoms with Gasteiger partial charge in [0.1, 0.15) is 5.75 Å². The van der Waals surface area contributed by atoms with E-state index in [2.05, 4.69) is 10.6 Å². The molecule has 22 heavy (non-hydrogen) atoms. The third-order valence-electron chi connectivity index (χ3n) is 3.35. The number of ether oxygens (including phenoxy) is 1. The molecule has 116 valence electrons. The maximum atomic E-state index is 11.7. The summed E-state index contributed by atoms with van der Waals surface area (Å²) in [7, 11) is 0. The molecule has 0 unspecified atom stereocenters. The first kappa shape index (κ1) is 15.8. The monoisotopic (exact) mass is 300 g/mol. The number of rotatable bonds is 5. The Morgan fingerprint density at radius 1 is 1.14 bits per heavy atom. The van der Waals surface area contributed by atoms with Gasteiger partial charge in [-0.15, -0.1) is 0 Å². The number of hydrogen-bond acceptors (Lipinski definition) is 3. The first-order chi connectivity index (χ1) is 10.6. The summed E-state index contributed by atoms with van der Waals surface area (Å²) in [5.41, 5.74) is 0. The van der Waals surface area contributed by atoms with Crippen molar-refractivity contribution in [1.82, 2.24) is 10.6 Å². The Kier molecular flexibility index (Phi) is 5.36. The minimum atomic E-state index is -0.499. The molecule has 5 heteroatoms. The van der Waals surface area contributed by atoms with Crippen LogP contribution in [0.3, 0.4) is 0 Å². The summed E-state index contributed by atoms with van der Waals surface area (Å²) < 4.78 is 5.52. The highest BCUT2D eigenvalue weighted by molar-refractivity contribution is 5.95. The van der Waals surface area contributed by atoms with Gasteiger partial charge < -0.3 is 10.1 Å². The van der Waals surface area contributed by atoms with Gasteiger partial charge in [-0.3, -0.25) is 10.1 Å². The van der Waals surface area contributed by atoms with Crippen molar-refractivity contribution in [3.05, 3.63) is 42.5 Å². The van der Waals surface area contributed by atoms with Crippen LogP contribution in [0.5, 0.6) is 5.75 Å². The zero-order chi connectivity index (χ0) is 15.9. The summed E-state index contributed by atoms with van der Waals surface area (Å²) in [5.74, 6) is 0.143. The quantitative estimate of drug-likeness (QED) is 0.892. The average Bonchev–Trinajstić information content (AvgIpc) is 2.52. The van der Waals surface area contributed by atoms with E-state index in [1.165, 1.54) is 0 Å². The highest BCUT2D eigenvalue weighted by Crippen LogP contribution is 2.24. The molecule has 0 bridgehead atoms. The molecule has 0 radical (unpaired) electrons. The van der Waals surface area contributed by atoms with Crippen LogP contribution in [0.15, 0.2) is 42.5 Å². The number of carbonyl (C=O) groups excluding carboxylic acids is 2. The summed E-state index contributed by atoms with van der Waals surface area (Å²) in [6.45, 7) is 3.62. The largest absolute Gasteiger partial charge is 0.483 e. The van der Waals surface area contributed by atoms with Crippen molar-refractivity contribution in [2.24, 2.45) is 0 Å². The summed E-state index contributed by atoms with van der Waals surface area (Å²) >= 11 is 0. The first-order valence-electron chi connectivity index (χ1n) is 7.31. The highest BCUT2D eigenvalue weighted by atomic mass is 16.5. The average molecular weight is 300 g/mol. The molecule has 0 aromatic heterocycles. The molecular weight excluding hydrogens is 280 g/mol. The van der Waals surface area contributed by atoms with Crippen molar-refractivity contribution >= 4 is 22.7 Å². The SMILES string of the molecule is CC[C@@H](C)NC(=O)NC(=O)COc1cccc2ccccc12. The lowest BCUT2D eigenvalue weighted by Gasteiger charge is -2.12. The van der Waals surface area contributed by atoms with E-state index >= 15 is 0 Å². The molecule has 0 aliphatic heterocycles. The number of benzene rings is 2.